The maximum Gasteiger partial charge on any atom is 0.408 e. The molecule has 0 saturated carbocycles. The van der Waals surface area contributed by atoms with Crippen molar-refractivity contribution in [3.05, 3.63) is 84.4 Å². The average Bonchev–Trinajstić information content (AvgIpc) is 2.67. The number of carbonyl (C=O) groups excluding carboxylic acids is 2. The quantitative estimate of drug-likeness (QED) is 0.664. The summed E-state index contributed by atoms with van der Waals surface area (Å²) >= 11 is 0. The normalized spacial score (nSPS) is 13.1. The standard InChI is InChI=1S/C24H30N2O3/c1-5-20(16-18-12-8-6-9-13-18)25-22(27)21(17-19-14-10-7-11-15-19)26-23(28)29-24(2,3)4/h5-15,20-21H,1,16-17H2,2-4H3,(H,25,27)(H,26,28)/t20?,21-/m0/s1. The van der Waals surface area contributed by atoms with E-state index in [2.05, 4.69) is 17.2 Å². The van der Waals surface area contributed by atoms with Crippen LogP contribution in [-0.4, -0.2) is 29.7 Å². The summed E-state index contributed by atoms with van der Waals surface area (Å²) in [5, 5.41) is 5.68. The highest BCUT2D eigenvalue weighted by Crippen LogP contribution is 2.10. The van der Waals surface area contributed by atoms with Gasteiger partial charge in [-0.25, -0.2) is 4.79 Å². The van der Waals surface area contributed by atoms with E-state index in [0.29, 0.717) is 12.8 Å². The first-order valence-electron chi connectivity index (χ1n) is 9.77. The molecule has 0 aliphatic rings. The van der Waals surface area contributed by atoms with E-state index in [1.807, 2.05) is 60.7 Å². The highest BCUT2D eigenvalue weighted by atomic mass is 16.6. The van der Waals surface area contributed by atoms with Crippen LogP contribution >= 0.6 is 0 Å². The van der Waals surface area contributed by atoms with Crippen molar-refractivity contribution in [3.8, 4) is 0 Å². The molecule has 29 heavy (non-hydrogen) atoms. The first kappa shape index (κ1) is 22.2. The Balaban J connectivity index is 2.09. The number of alkyl carbamates (subject to hydrolysis) is 1. The highest BCUT2D eigenvalue weighted by molar-refractivity contribution is 5.86. The minimum atomic E-state index is -0.759. The zero-order valence-corrected chi connectivity index (χ0v) is 17.4. The van der Waals surface area contributed by atoms with E-state index in [-0.39, 0.29) is 11.9 Å². The number of nitrogens with one attached hydrogen (secondary N) is 2. The van der Waals surface area contributed by atoms with Crippen LogP contribution in [0.25, 0.3) is 0 Å². The molecule has 1 unspecified atom stereocenters. The van der Waals surface area contributed by atoms with Crippen LogP contribution in [0.1, 0.15) is 31.9 Å². The lowest BCUT2D eigenvalue weighted by Crippen LogP contribution is -2.51. The number of ether oxygens (including phenoxy) is 1. The third-order valence-electron chi connectivity index (χ3n) is 4.20. The molecule has 0 bridgehead atoms. The summed E-state index contributed by atoms with van der Waals surface area (Å²) in [4.78, 5) is 25.3. The molecule has 2 aromatic rings. The van der Waals surface area contributed by atoms with Crippen molar-refractivity contribution in [2.24, 2.45) is 0 Å². The smallest absolute Gasteiger partial charge is 0.408 e. The SMILES string of the molecule is C=CC(Cc1ccccc1)NC(=O)[C@H](Cc1ccccc1)NC(=O)OC(C)(C)C. The Morgan fingerprint density at radius 2 is 1.45 bits per heavy atom. The van der Waals surface area contributed by atoms with Gasteiger partial charge >= 0.3 is 6.09 Å². The molecule has 2 N–H and O–H groups in total. The lowest BCUT2D eigenvalue weighted by Gasteiger charge is -2.25. The average molecular weight is 395 g/mol. The molecule has 0 aromatic heterocycles. The molecule has 0 saturated heterocycles. The maximum absolute atomic E-state index is 13.0. The minimum Gasteiger partial charge on any atom is -0.444 e. The molecular formula is C24H30N2O3. The summed E-state index contributed by atoms with van der Waals surface area (Å²) in [6, 6.07) is 18.4. The van der Waals surface area contributed by atoms with Gasteiger partial charge in [0.2, 0.25) is 5.91 Å². The summed E-state index contributed by atoms with van der Waals surface area (Å²) in [6.07, 6.45) is 2.08. The van der Waals surface area contributed by atoms with Crippen LogP contribution in [0.4, 0.5) is 4.79 Å². The maximum atomic E-state index is 13.0. The van der Waals surface area contributed by atoms with Gasteiger partial charge in [0.25, 0.3) is 0 Å². The Morgan fingerprint density at radius 3 is 1.93 bits per heavy atom. The van der Waals surface area contributed by atoms with Gasteiger partial charge < -0.3 is 15.4 Å². The van der Waals surface area contributed by atoms with E-state index in [9.17, 15) is 9.59 Å². The number of hydrogen-bond acceptors (Lipinski definition) is 3. The molecule has 0 spiro atoms. The van der Waals surface area contributed by atoms with Gasteiger partial charge in [0, 0.05) is 6.42 Å². The molecule has 0 aliphatic heterocycles. The van der Waals surface area contributed by atoms with E-state index in [1.54, 1.807) is 26.8 Å². The predicted octanol–water partition coefficient (Wildman–Crippen LogP) is 4.04. The van der Waals surface area contributed by atoms with Gasteiger partial charge in [0.15, 0.2) is 0 Å². The molecule has 0 fully saturated rings. The fourth-order valence-corrected chi connectivity index (χ4v) is 2.85. The van der Waals surface area contributed by atoms with Gasteiger partial charge in [-0.05, 0) is 38.3 Å². The molecule has 2 atom stereocenters. The lowest BCUT2D eigenvalue weighted by molar-refractivity contribution is -0.123. The number of rotatable bonds is 8. The molecule has 5 heteroatoms. The Kier molecular flexibility index (Phi) is 8.01. The molecular weight excluding hydrogens is 364 g/mol. The second kappa shape index (κ2) is 10.5. The highest BCUT2D eigenvalue weighted by Gasteiger charge is 2.25. The molecule has 0 radical (unpaired) electrons. The Hall–Kier alpha value is -3.08. The second-order valence-electron chi connectivity index (χ2n) is 7.93. The van der Waals surface area contributed by atoms with E-state index in [1.165, 1.54) is 0 Å². The zero-order chi connectivity index (χ0) is 21.3. The molecule has 5 nitrogen and oxygen atoms in total. The molecule has 0 aliphatic carbocycles. The van der Waals surface area contributed by atoms with Crippen molar-refractivity contribution in [1.29, 1.82) is 0 Å². The summed E-state index contributed by atoms with van der Waals surface area (Å²) in [6.45, 7) is 9.19. The number of carbonyl (C=O) groups is 2. The fraction of sp³-hybridized carbons (Fsp3) is 0.333. The second-order valence-corrected chi connectivity index (χ2v) is 7.93. The van der Waals surface area contributed by atoms with Crippen LogP contribution < -0.4 is 10.6 Å². The zero-order valence-electron chi connectivity index (χ0n) is 17.4. The van der Waals surface area contributed by atoms with E-state index >= 15 is 0 Å². The van der Waals surface area contributed by atoms with Gasteiger partial charge in [-0.2, -0.15) is 0 Å². The van der Waals surface area contributed by atoms with Crippen LogP contribution in [-0.2, 0) is 22.4 Å². The van der Waals surface area contributed by atoms with E-state index in [0.717, 1.165) is 11.1 Å². The number of amides is 2. The lowest BCUT2D eigenvalue weighted by atomic mass is 10.0. The summed E-state index contributed by atoms with van der Waals surface area (Å²) in [7, 11) is 0. The molecule has 154 valence electrons. The molecule has 2 amide bonds. The van der Waals surface area contributed by atoms with Gasteiger partial charge in [-0.3, -0.25) is 4.79 Å². The predicted molar refractivity (Wildman–Crippen MR) is 116 cm³/mol. The summed E-state index contributed by atoms with van der Waals surface area (Å²) in [5.74, 6) is -0.277. The van der Waals surface area contributed by atoms with Crippen molar-refractivity contribution in [2.75, 3.05) is 0 Å². The third kappa shape index (κ3) is 8.21. The number of benzene rings is 2. The van der Waals surface area contributed by atoms with Crippen molar-refractivity contribution >= 4 is 12.0 Å². The van der Waals surface area contributed by atoms with Crippen molar-refractivity contribution in [2.45, 2.75) is 51.3 Å². The van der Waals surface area contributed by atoms with Gasteiger partial charge in [0.05, 0.1) is 6.04 Å². The number of hydrogen-bond donors (Lipinski definition) is 2. The van der Waals surface area contributed by atoms with Crippen molar-refractivity contribution < 1.29 is 14.3 Å². The summed E-state index contributed by atoms with van der Waals surface area (Å²) in [5.41, 5.74) is 1.40. The van der Waals surface area contributed by atoms with E-state index in [4.69, 9.17) is 4.74 Å². The van der Waals surface area contributed by atoms with Crippen molar-refractivity contribution in [3.63, 3.8) is 0 Å². The van der Waals surface area contributed by atoms with Gasteiger partial charge in [0.1, 0.15) is 11.6 Å². The minimum absolute atomic E-state index is 0.247. The van der Waals surface area contributed by atoms with Crippen LogP contribution in [0, 0.1) is 0 Å². The van der Waals surface area contributed by atoms with Gasteiger partial charge in [-0.15, -0.1) is 6.58 Å². The first-order chi connectivity index (χ1) is 13.8. The molecule has 0 heterocycles. The molecule has 2 aromatic carbocycles. The fourth-order valence-electron chi connectivity index (χ4n) is 2.85. The van der Waals surface area contributed by atoms with Crippen LogP contribution in [0.3, 0.4) is 0 Å². The Morgan fingerprint density at radius 1 is 0.931 bits per heavy atom. The van der Waals surface area contributed by atoms with Crippen molar-refractivity contribution in [1.82, 2.24) is 10.6 Å². The van der Waals surface area contributed by atoms with Crippen LogP contribution in [0.15, 0.2) is 73.3 Å². The van der Waals surface area contributed by atoms with Crippen LogP contribution in [0.5, 0.6) is 0 Å². The van der Waals surface area contributed by atoms with Crippen LogP contribution in [0.2, 0.25) is 0 Å². The Labute approximate surface area is 173 Å². The Bertz CT molecular complexity index is 798. The topological polar surface area (TPSA) is 67.4 Å². The first-order valence-corrected chi connectivity index (χ1v) is 9.77. The van der Waals surface area contributed by atoms with Gasteiger partial charge in [-0.1, -0.05) is 66.7 Å². The third-order valence-corrected chi connectivity index (χ3v) is 4.20. The summed E-state index contributed by atoms with van der Waals surface area (Å²) < 4.78 is 5.33. The van der Waals surface area contributed by atoms with E-state index < -0.39 is 17.7 Å². The monoisotopic (exact) mass is 394 g/mol. The molecule has 2 rings (SSSR count). The largest absolute Gasteiger partial charge is 0.444 e.